The number of hydrogen-bond acceptors (Lipinski definition) is 4. The lowest BCUT2D eigenvalue weighted by atomic mass is 10.1. The second-order valence-corrected chi connectivity index (χ2v) is 4.34. The van der Waals surface area contributed by atoms with E-state index in [0.717, 1.165) is 18.9 Å². The predicted octanol–water partition coefficient (Wildman–Crippen LogP) is 1.32. The van der Waals surface area contributed by atoms with Crippen LogP contribution in [0.25, 0.3) is 0 Å². The lowest BCUT2D eigenvalue weighted by Gasteiger charge is -2.11. The minimum absolute atomic E-state index is 0.603. The van der Waals surface area contributed by atoms with Crippen LogP contribution in [0, 0.1) is 17.2 Å². The van der Waals surface area contributed by atoms with Crippen LogP contribution in [0.1, 0.15) is 12.0 Å². The van der Waals surface area contributed by atoms with Crippen LogP contribution in [0.4, 0.5) is 5.82 Å². The fraction of sp³-hybridized carbons (Fsp3) is 0.500. The number of nitriles is 1. The van der Waals surface area contributed by atoms with E-state index in [2.05, 4.69) is 28.3 Å². The molecule has 1 saturated heterocycles. The third-order valence-corrected chi connectivity index (χ3v) is 2.95. The van der Waals surface area contributed by atoms with Gasteiger partial charge in [-0.15, -0.1) is 0 Å². The van der Waals surface area contributed by atoms with Gasteiger partial charge in [0.05, 0.1) is 5.56 Å². The van der Waals surface area contributed by atoms with Crippen molar-refractivity contribution < 1.29 is 0 Å². The van der Waals surface area contributed by atoms with E-state index >= 15 is 0 Å². The highest BCUT2D eigenvalue weighted by atomic mass is 15.1. The normalized spacial score (nSPS) is 20.6. The fourth-order valence-corrected chi connectivity index (χ4v) is 2.01. The van der Waals surface area contributed by atoms with Crippen molar-refractivity contribution in [1.29, 1.82) is 5.26 Å². The number of rotatable bonds is 3. The maximum Gasteiger partial charge on any atom is 0.125 e. The van der Waals surface area contributed by atoms with Gasteiger partial charge in [-0.2, -0.15) is 5.26 Å². The Bertz CT molecular complexity index is 379. The van der Waals surface area contributed by atoms with Crippen molar-refractivity contribution >= 4 is 5.82 Å². The van der Waals surface area contributed by atoms with Gasteiger partial charge in [0.25, 0.3) is 0 Å². The van der Waals surface area contributed by atoms with Gasteiger partial charge in [0.1, 0.15) is 11.9 Å². The van der Waals surface area contributed by atoms with Crippen LogP contribution in [-0.4, -0.2) is 36.6 Å². The molecule has 0 aromatic carbocycles. The minimum Gasteiger partial charge on any atom is -0.370 e. The second kappa shape index (κ2) is 4.95. The molecule has 0 spiro atoms. The van der Waals surface area contributed by atoms with E-state index in [1.807, 2.05) is 6.07 Å². The monoisotopic (exact) mass is 216 g/mol. The zero-order chi connectivity index (χ0) is 11.4. The van der Waals surface area contributed by atoms with Crippen LogP contribution < -0.4 is 5.32 Å². The third-order valence-electron chi connectivity index (χ3n) is 2.95. The molecule has 2 heterocycles. The standard InChI is InChI=1S/C12H16N4/c1-16-5-4-11(9-16)8-15-12-3-2-10(6-13)7-14-12/h2-3,7,11H,4-5,8-9H2,1H3,(H,14,15). The van der Waals surface area contributed by atoms with Crippen LogP contribution in [0.5, 0.6) is 0 Å². The Kier molecular flexibility index (Phi) is 3.37. The topological polar surface area (TPSA) is 52.0 Å². The first-order valence-electron chi connectivity index (χ1n) is 5.56. The maximum atomic E-state index is 8.64. The predicted molar refractivity (Wildman–Crippen MR) is 63.0 cm³/mol. The largest absolute Gasteiger partial charge is 0.370 e. The smallest absolute Gasteiger partial charge is 0.125 e. The number of likely N-dealkylation sites (tertiary alicyclic amines) is 1. The fourth-order valence-electron chi connectivity index (χ4n) is 2.01. The molecule has 1 aromatic heterocycles. The van der Waals surface area contributed by atoms with Crippen molar-refractivity contribution in [2.24, 2.45) is 5.92 Å². The molecule has 16 heavy (non-hydrogen) atoms. The summed E-state index contributed by atoms with van der Waals surface area (Å²) in [5, 5.41) is 12.0. The van der Waals surface area contributed by atoms with E-state index in [1.165, 1.54) is 13.0 Å². The van der Waals surface area contributed by atoms with Crippen molar-refractivity contribution in [3.05, 3.63) is 23.9 Å². The number of anilines is 1. The van der Waals surface area contributed by atoms with Crippen LogP contribution >= 0.6 is 0 Å². The molecule has 0 saturated carbocycles. The molecule has 1 unspecified atom stereocenters. The van der Waals surface area contributed by atoms with Gasteiger partial charge >= 0.3 is 0 Å². The molecule has 4 heteroatoms. The number of nitrogens with zero attached hydrogens (tertiary/aromatic N) is 3. The molecule has 1 aromatic rings. The molecular formula is C12H16N4. The first kappa shape index (κ1) is 10.9. The average Bonchev–Trinajstić information content (AvgIpc) is 2.73. The van der Waals surface area contributed by atoms with Gasteiger partial charge < -0.3 is 10.2 Å². The van der Waals surface area contributed by atoms with Gasteiger partial charge in [0, 0.05) is 19.3 Å². The molecule has 84 valence electrons. The van der Waals surface area contributed by atoms with E-state index in [0.29, 0.717) is 11.5 Å². The molecule has 1 aliphatic rings. The van der Waals surface area contributed by atoms with Crippen molar-refractivity contribution in [3.8, 4) is 6.07 Å². The molecule has 0 aliphatic carbocycles. The SMILES string of the molecule is CN1CCC(CNc2ccc(C#N)cn2)C1. The van der Waals surface area contributed by atoms with E-state index in [4.69, 9.17) is 5.26 Å². The molecule has 1 atom stereocenters. The molecule has 0 bridgehead atoms. The minimum atomic E-state index is 0.603. The summed E-state index contributed by atoms with van der Waals surface area (Å²) >= 11 is 0. The van der Waals surface area contributed by atoms with Crippen molar-refractivity contribution in [2.75, 3.05) is 32.0 Å². The Hall–Kier alpha value is -1.60. The summed E-state index contributed by atoms with van der Waals surface area (Å²) in [5.74, 6) is 1.57. The first-order valence-corrected chi connectivity index (χ1v) is 5.56. The Morgan fingerprint density at radius 1 is 1.62 bits per heavy atom. The zero-order valence-electron chi connectivity index (χ0n) is 9.48. The molecule has 1 fully saturated rings. The van der Waals surface area contributed by atoms with E-state index in [9.17, 15) is 0 Å². The van der Waals surface area contributed by atoms with Crippen LogP contribution in [0.15, 0.2) is 18.3 Å². The van der Waals surface area contributed by atoms with Gasteiger partial charge in [-0.05, 0) is 38.1 Å². The lowest BCUT2D eigenvalue weighted by molar-refractivity contribution is 0.399. The van der Waals surface area contributed by atoms with Gasteiger partial charge in [-0.1, -0.05) is 0 Å². The molecule has 1 aliphatic heterocycles. The third kappa shape index (κ3) is 2.71. The van der Waals surface area contributed by atoms with Gasteiger partial charge in [-0.3, -0.25) is 0 Å². The van der Waals surface area contributed by atoms with Crippen molar-refractivity contribution in [1.82, 2.24) is 9.88 Å². The zero-order valence-corrected chi connectivity index (χ0v) is 9.48. The average molecular weight is 216 g/mol. The summed E-state index contributed by atoms with van der Waals surface area (Å²) in [6.07, 6.45) is 2.85. The lowest BCUT2D eigenvalue weighted by Crippen LogP contribution is -2.19. The van der Waals surface area contributed by atoms with E-state index in [1.54, 1.807) is 12.3 Å². The van der Waals surface area contributed by atoms with Crippen LogP contribution in [-0.2, 0) is 0 Å². The Labute approximate surface area is 95.9 Å². The molecule has 0 radical (unpaired) electrons. The van der Waals surface area contributed by atoms with E-state index < -0.39 is 0 Å². The Morgan fingerprint density at radius 3 is 3.06 bits per heavy atom. The number of nitrogens with one attached hydrogen (secondary N) is 1. The summed E-state index contributed by atoms with van der Waals surface area (Å²) in [4.78, 5) is 6.53. The molecule has 1 N–H and O–H groups in total. The summed E-state index contributed by atoms with van der Waals surface area (Å²) in [7, 11) is 2.15. The Morgan fingerprint density at radius 2 is 2.50 bits per heavy atom. The highest BCUT2D eigenvalue weighted by molar-refractivity contribution is 5.38. The quantitative estimate of drug-likeness (QED) is 0.828. The van der Waals surface area contributed by atoms with Crippen molar-refractivity contribution in [2.45, 2.75) is 6.42 Å². The summed E-state index contributed by atoms with van der Waals surface area (Å²) in [6.45, 7) is 3.31. The highest BCUT2D eigenvalue weighted by Crippen LogP contribution is 2.15. The highest BCUT2D eigenvalue weighted by Gasteiger charge is 2.18. The van der Waals surface area contributed by atoms with Crippen LogP contribution in [0.3, 0.4) is 0 Å². The summed E-state index contributed by atoms with van der Waals surface area (Å²) < 4.78 is 0. The Balaban J connectivity index is 1.83. The van der Waals surface area contributed by atoms with Gasteiger partial charge in [0.15, 0.2) is 0 Å². The van der Waals surface area contributed by atoms with E-state index in [-0.39, 0.29) is 0 Å². The molecule has 0 amide bonds. The summed E-state index contributed by atoms with van der Waals surface area (Å²) in [6, 6.07) is 5.71. The number of pyridine rings is 1. The second-order valence-electron chi connectivity index (χ2n) is 4.34. The maximum absolute atomic E-state index is 8.64. The molecule has 4 nitrogen and oxygen atoms in total. The summed E-state index contributed by atoms with van der Waals surface area (Å²) in [5.41, 5.74) is 0.603. The molecular weight excluding hydrogens is 200 g/mol. The number of aromatic nitrogens is 1. The van der Waals surface area contributed by atoms with Gasteiger partial charge in [-0.25, -0.2) is 4.98 Å². The van der Waals surface area contributed by atoms with Gasteiger partial charge in [0.2, 0.25) is 0 Å². The number of hydrogen-bond donors (Lipinski definition) is 1. The first-order chi connectivity index (χ1) is 7.78. The molecule has 2 rings (SSSR count). The van der Waals surface area contributed by atoms with Crippen LogP contribution in [0.2, 0.25) is 0 Å². The van der Waals surface area contributed by atoms with Crippen molar-refractivity contribution in [3.63, 3.8) is 0 Å².